The molecule has 11 heteroatoms. The number of hydrogen-bond acceptors (Lipinski definition) is 9. The van der Waals surface area contributed by atoms with Gasteiger partial charge in [-0.15, -0.1) is 0 Å². The van der Waals surface area contributed by atoms with Crippen molar-refractivity contribution in [2.45, 2.75) is 136 Å². The molecule has 0 aromatic carbocycles. The molecule has 344 valence electrons. The number of Topliss-reactive ketones (excluding diaryl/α,β-unsaturated/α-hetero) is 1. The third-order valence-corrected chi connectivity index (χ3v) is 9.27. The fraction of sp³-hybridized carbons (Fsp3) is 0.471. The molecule has 0 rings (SSSR count). The lowest BCUT2D eigenvalue weighted by Gasteiger charge is -2.20. The molecule has 0 saturated carbocycles. The summed E-state index contributed by atoms with van der Waals surface area (Å²) in [5.41, 5.74) is 5.57. The van der Waals surface area contributed by atoms with Crippen molar-refractivity contribution in [2.75, 3.05) is 19.8 Å². The van der Waals surface area contributed by atoms with Gasteiger partial charge >= 0.3 is 19.8 Å². The Morgan fingerprint density at radius 1 is 0.484 bits per heavy atom. The summed E-state index contributed by atoms with van der Waals surface area (Å²) in [6.45, 7) is 3.97. The molecule has 3 N–H and O–H groups in total. The highest BCUT2D eigenvalue weighted by Crippen LogP contribution is 2.43. The molecule has 62 heavy (non-hydrogen) atoms. The highest BCUT2D eigenvalue weighted by atomic mass is 31.2. The maximum Gasteiger partial charge on any atom is 0.472 e. The number of hydrogen-bond donors (Lipinski definition) is 2. The smallest absolute Gasteiger partial charge is 0.462 e. The topological polar surface area (TPSA) is 151 Å². The molecular weight excluding hydrogens is 802 g/mol. The van der Waals surface area contributed by atoms with Crippen LogP contribution in [0.5, 0.6) is 0 Å². The fourth-order valence-corrected chi connectivity index (χ4v) is 5.59. The molecule has 0 aromatic heterocycles. The van der Waals surface area contributed by atoms with Gasteiger partial charge in [0.15, 0.2) is 6.10 Å². The molecule has 3 atom stereocenters. The van der Waals surface area contributed by atoms with Crippen LogP contribution in [0, 0.1) is 0 Å². The van der Waals surface area contributed by atoms with Gasteiger partial charge in [-0.1, -0.05) is 160 Å². The molecule has 0 heterocycles. The van der Waals surface area contributed by atoms with Crippen LogP contribution < -0.4 is 5.73 Å². The molecule has 0 bridgehead atoms. The zero-order valence-electron chi connectivity index (χ0n) is 37.7. The Hall–Kier alpha value is -4.44. The molecule has 0 fully saturated rings. The Balaban J connectivity index is 4.64. The lowest BCUT2D eigenvalue weighted by atomic mass is 10.2. The third kappa shape index (κ3) is 42.3. The van der Waals surface area contributed by atoms with Gasteiger partial charge in [-0.3, -0.25) is 23.4 Å². The number of carbonyl (C=O) groups excluding carboxylic acids is 3. The van der Waals surface area contributed by atoms with Gasteiger partial charge in [0.1, 0.15) is 12.4 Å². The first-order valence-corrected chi connectivity index (χ1v) is 23.6. The highest BCUT2D eigenvalue weighted by Gasteiger charge is 2.27. The van der Waals surface area contributed by atoms with Crippen molar-refractivity contribution >= 4 is 25.5 Å². The second kappa shape index (κ2) is 43.2. The van der Waals surface area contributed by atoms with Crippen molar-refractivity contribution in [3.63, 3.8) is 0 Å². The highest BCUT2D eigenvalue weighted by molar-refractivity contribution is 7.47. The number of phosphoric acid groups is 1. The second-order valence-electron chi connectivity index (χ2n) is 14.0. The van der Waals surface area contributed by atoms with E-state index in [1.807, 2.05) is 24.3 Å². The summed E-state index contributed by atoms with van der Waals surface area (Å²) in [7, 11) is -4.66. The van der Waals surface area contributed by atoms with Crippen LogP contribution in [0.4, 0.5) is 0 Å². The molecule has 0 aliphatic carbocycles. The van der Waals surface area contributed by atoms with Crippen LogP contribution in [-0.4, -0.2) is 54.6 Å². The number of rotatable bonds is 38. The van der Waals surface area contributed by atoms with Crippen LogP contribution in [0.15, 0.2) is 146 Å². The summed E-state index contributed by atoms with van der Waals surface area (Å²) in [6, 6.07) is -1.11. The number of phosphoric ester groups is 1. The molecule has 0 radical (unpaired) electrons. The molecule has 0 aromatic rings. The molecular formula is C51H76NO9P. The van der Waals surface area contributed by atoms with E-state index < -0.39 is 50.9 Å². The van der Waals surface area contributed by atoms with Gasteiger partial charge < -0.3 is 20.1 Å². The predicted molar refractivity (Wildman–Crippen MR) is 256 cm³/mol. The van der Waals surface area contributed by atoms with Crippen LogP contribution in [-0.2, 0) is 37.5 Å². The number of carbonyl (C=O) groups is 3. The number of ketones is 1. The molecule has 0 aliphatic heterocycles. The molecule has 0 saturated heterocycles. The van der Waals surface area contributed by atoms with Crippen LogP contribution in [0.3, 0.4) is 0 Å². The SMILES string of the molecule is CCC=CCC=CCC=CCC=CCC=CCC=CCCC(=O)OCC(COP(=O)(O)OCC(N)C(C)=O)OC(=O)CCC=CCC=CCC=CCC=CCC=CCC=CCC. The van der Waals surface area contributed by atoms with Gasteiger partial charge in [0.25, 0.3) is 0 Å². The van der Waals surface area contributed by atoms with E-state index in [0.717, 1.165) is 70.6 Å². The molecule has 10 nitrogen and oxygen atoms in total. The van der Waals surface area contributed by atoms with Gasteiger partial charge in [0, 0.05) is 12.8 Å². The lowest BCUT2D eigenvalue weighted by Crippen LogP contribution is -2.33. The Morgan fingerprint density at radius 3 is 1.13 bits per heavy atom. The zero-order valence-corrected chi connectivity index (χ0v) is 38.6. The van der Waals surface area contributed by atoms with Crippen molar-refractivity contribution < 1.29 is 42.4 Å². The summed E-state index contributed by atoms with van der Waals surface area (Å²) in [4.78, 5) is 46.5. The third-order valence-electron chi connectivity index (χ3n) is 8.31. The van der Waals surface area contributed by atoms with Crippen LogP contribution in [0.2, 0.25) is 0 Å². The largest absolute Gasteiger partial charge is 0.472 e. The van der Waals surface area contributed by atoms with E-state index >= 15 is 0 Å². The quantitative estimate of drug-likeness (QED) is 0.0348. The summed E-state index contributed by atoms with van der Waals surface area (Å²) >= 11 is 0. The van der Waals surface area contributed by atoms with E-state index in [9.17, 15) is 23.8 Å². The monoisotopic (exact) mass is 878 g/mol. The first kappa shape index (κ1) is 57.6. The van der Waals surface area contributed by atoms with E-state index in [2.05, 4.69) is 135 Å². The average molecular weight is 878 g/mol. The second-order valence-corrected chi connectivity index (χ2v) is 15.4. The van der Waals surface area contributed by atoms with Crippen LogP contribution in [0.1, 0.15) is 124 Å². The van der Waals surface area contributed by atoms with Crippen molar-refractivity contribution in [1.29, 1.82) is 0 Å². The maximum atomic E-state index is 12.6. The summed E-state index contributed by atoms with van der Waals surface area (Å²) < 4.78 is 32.9. The number of nitrogens with two attached hydrogens (primary N) is 1. The molecule has 0 amide bonds. The standard InChI is InChI=1S/C51H76NO9P/c1-4-6-8-10-12-14-16-18-20-22-24-26-28-30-32-34-36-38-40-42-50(54)58-44-48(45-59-62(56,57)60-46-49(52)47(3)53)61-51(55)43-41-39-37-35-33-31-29-27-25-23-21-19-17-15-13-11-9-7-5-2/h6-9,12-15,18-21,24-27,30-33,36-39,48-49H,4-5,10-11,16-17,22-23,28-29,34-35,40-46,52H2,1-3H3,(H,56,57). The lowest BCUT2D eigenvalue weighted by molar-refractivity contribution is -0.161. The van der Waals surface area contributed by atoms with Crippen LogP contribution >= 0.6 is 7.82 Å². The van der Waals surface area contributed by atoms with Crippen LogP contribution in [0.25, 0.3) is 0 Å². The van der Waals surface area contributed by atoms with Gasteiger partial charge in [0.05, 0.1) is 19.3 Å². The predicted octanol–water partition coefficient (Wildman–Crippen LogP) is 12.4. The van der Waals surface area contributed by atoms with E-state index in [1.165, 1.54) is 6.92 Å². The minimum absolute atomic E-state index is 0.0377. The summed E-state index contributed by atoms with van der Waals surface area (Å²) in [5, 5.41) is 0. The number of ether oxygens (including phenoxy) is 2. The maximum absolute atomic E-state index is 12.6. The van der Waals surface area contributed by atoms with Crippen molar-refractivity contribution in [2.24, 2.45) is 5.73 Å². The molecule has 0 aliphatic rings. The Bertz CT molecular complexity index is 1590. The zero-order chi connectivity index (χ0) is 45.6. The first-order valence-electron chi connectivity index (χ1n) is 22.1. The summed E-state index contributed by atoms with van der Waals surface area (Å²) in [5.74, 6) is -1.56. The van der Waals surface area contributed by atoms with E-state index in [-0.39, 0.29) is 19.4 Å². The summed E-state index contributed by atoms with van der Waals surface area (Å²) in [6.07, 6.45) is 61.3. The Kier molecular flexibility index (Phi) is 40.1. The van der Waals surface area contributed by atoms with E-state index in [1.54, 1.807) is 0 Å². The van der Waals surface area contributed by atoms with Crippen molar-refractivity contribution in [1.82, 2.24) is 0 Å². The number of allylic oxidation sites excluding steroid dienone is 24. The van der Waals surface area contributed by atoms with Gasteiger partial charge in [-0.05, 0) is 96.8 Å². The minimum atomic E-state index is -4.66. The number of esters is 2. The van der Waals surface area contributed by atoms with Gasteiger partial charge in [-0.2, -0.15) is 0 Å². The first-order chi connectivity index (χ1) is 30.1. The molecule has 0 spiro atoms. The minimum Gasteiger partial charge on any atom is -0.462 e. The normalized spacial score (nSPS) is 15.0. The van der Waals surface area contributed by atoms with E-state index in [0.29, 0.717) is 19.3 Å². The average Bonchev–Trinajstić information content (AvgIpc) is 3.25. The fourth-order valence-electron chi connectivity index (χ4n) is 4.81. The molecule has 3 unspecified atom stereocenters. The van der Waals surface area contributed by atoms with Crippen molar-refractivity contribution in [3.05, 3.63) is 146 Å². The van der Waals surface area contributed by atoms with Crippen molar-refractivity contribution in [3.8, 4) is 0 Å². The Morgan fingerprint density at radius 2 is 0.790 bits per heavy atom. The Labute approximate surface area is 373 Å². The van der Waals surface area contributed by atoms with Gasteiger partial charge in [-0.25, -0.2) is 4.57 Å². The van der Waals surface area contributed by atoms with Gasteiger partial charge in [0.2, 0.25) is 0 Å². The van der Waals surface area contributed by atoms with E-state index in [4.69, 9.17) is 24.3 Å².